The van der Waals surface area contributed by atoms with E-state index in [4.69, 9.17) is 9.47 Å². The minimum Gasteiger partial charge on any atom is -0.468 e. The van der Waals surface area contributed by atoms with Crippen molar-refractivity contribution in [3.8, 4) is 5.88 Å². The van der Waals surface area contributed by atoms with Gasteiger partial charge in [0.05, 0.1) is 11.9 Å². The highest BCUT2D eigenvalue weighted by atomic mass is 16.5. The van der Waals surface area contributed by atoms with Gasteiger partial charge in [0.2, 0.25) is 11.8 Å². The van der Waals surface area contributed by atoms with Crippen molar-refractivity contribution in [2.75, 3.05) is 38.7 Å². The van der Waals surface area contributed by atoms with Gasteiger partial charge >= 0.3 is 0 Å². The van der Waals surface area contributed by atoms with E-state index in [0.717, 1.165) is 32.5 Å². The molecular formula is C16H23N3O4. The number of amides is 2. The Bertz CT molecular complexity index is 525. The third-order valence-electron chi connectivity index (χ3n) is 3.77. The first kappa shape index (κ1) is 17.2. The van der Waals surface area contributed by atoms with Gasteiger partial charge in [-0.05, 0) is 24.8 Å². The monoisotopic (exact) mass is 321 g/mol. The number of carbonyl (C=O) groups is 2. The van der Waals surface area contributed by atoms with Gasteiger partial charge < -0.3 is 19.7 Å². The van der Waals surface area contributed by atoms with Crippen LogP contribution in [0.2, 0.25) is 0 Å². The average Bonchev–Trinajstić information content (AvgIpc) is 2.54. The molecule has 1 fully saturated rings. The predicted molar refractivity (Wildman–Crippen MR) is 85.2 cm³/mol. The summed E-state index contributed by atoms with van der Waals surface area (Å²) in [6, 6.07) is 3.31. The fourth-order valence-corrected chi connectivity index (χ4v) is 2.55. The van der Waals surface area contributed by atoms with Crippen molar-refractivity contribution in [3.63, 3.8) is 0 Å². The molecule has 1 aliphatic rings. The molecule has 23 heavy (non-hydrogen) atoms. The van der Waals surface area contributed by atoms with Crippen LogP contribution in [0, 0.1) is 5.92 Å². The van der Waals surface area contributed by atoms with Crippen LogP contribution in [0.1, 0.15) is 19.8 Å². The summed E-state index contributed by atoms with van der Waals surface area (Å²) in [6.07, 6.45) is 3.42. The molecule has 0 aromatic carbocycles. The Balaban J connectivity index is 1.75. The molecule has 0 bridgehead atoms. The lowest BCUT2D eigenvalue weighted by atomic mass is 9.98. The molecule has 0 radical (unpaired) electrons. The minimum absolute atomic E-state index is 0.0264. The zero-order chi connectivity index (χ0) is 16.7. The lowest BCUT2D eigenvalue weighted by molar-refractivity contribution is -0.135. The summed E-state index contributed by atoms with van der Waals surface area (Å²) >= 11 is 0. The van der Waals surface area contributed by atoms with Crippen LogP contribution in [0.3, 0.4) is 0 Å². The van der Waals surface area contributed by atoms with Gasteiger partial charge in [0, 0.05) is 39.8 Å². The lowest BCUT2D eigenvalue weighted by Gasteiger charge is -2.31. The van der Waals surface area contributed by atoms with E-state index in [0.29, 0.717) is 17.5 Å². The van der Waals surface area contributed by atoms with Gasteiger partial charge in [0.1, 0.15) is 0 Å². The highest BCUT2D eigenvalue weighted by molar-refractivity contribution is 5.88. The van der Waals surface area contributed by atoms with Crippen LogP contribution in [-0.2, 0) is 14.3 Å². The second-order valence-electron chi connectivity index (χ2n) is 5.63. The number of likely N-dealkylation sites (tertiary alicyclic amines) is 1. The Kier molecular flexibility index (Phi) is 6.34. The summed E-state index contributed by atoms with van der Waals surface area (Å²) in [7, 11) is 1.70. The summed E-state index contributed by atoms with van der Waals surface area (Å²) in [5.41, 5.74) is 0.594. The SMILES string of the molecule is COCC1CCN(C(=O)COc2ccc(NC(C)=O)cn2)CC1. The van der Waals surface area contributed by atoms with E-state index in [-0.39, 0.29) is 18.4 Å². The first-order valence-corrected chi connectivity index (χ1v) is 7.71. The molecule has 1 aromatic heterocycles. The third-order valence-corrected chi connectivity index (χ3v) is 3.77. The van der Waals surface area contributed by atoms with Gasteiger partial charge in [-0.15, -0.1) is 0 Å². The molecular weight excluding hydrogens is 298 g/mol. The standard InChI is InChI=1S/C16H23N3O4/c1-12(20)18-14-3-4-15(17-9-14)23-11-16(21)19-7-5-13(6-8-19)10-22-2/h3-4,9,13H,5-8,10-11H2,1-2H3,(H,18,20). The van der Waals surface area contributed by atoms with Gasteiger partial charge in [0.15, 0.2) is 6.61 Å². The maximum atomic E-state index is 12.1. The van der Waals surface area contributed by atoms with Crippen LogP contribution >= 0.6 is 0 Å². The molecule has 0 aliphatic carbocycles. The molecule has 0 atom stereocenters. The number of hydrogen-bond donors (Lipinski definition) is 1. The van der Waals surface area contributed by atoms with Gasteiger partial charge in [0.25, 0.3) is 5.91 Å². The minimum atomic E-state index is -0.160. The number of nitrogens with one attached hydrogen (secondary N) is 1. The Hall–Kier alpha value is -2.15. The van der Waals surface area contributed by atoms with Crippen LogP contribution in [0.5, 0.6) is 5.88 Å². The number of rotatable bonds is 6. The number of anilines is 1. The normalized spacial score (nSPS) is 15.3. The largest absolute Gasteiger partial charge is 0.468 e. The van der Waals surface area contributed by atoms with Crippen molar-refractivity contribution in [2.45, 2.75) is 19.8 Å². The topological polar surface area (TPSA) is 80.8 Å². The number of pyridine rings is 1. The van der Waals surface area contributed by atoms with Gasteiger partial charge in [-0.2, -0.15) is 0 Å². The van der Waals surface area contributed by atoms with E-state index in [2.05, 4.69) is 10.3 Å². The smallest absolute Gasteiger partial charge is 0.260 e. The Morgan fingerprint density at radius 2 is 2.09 bits per heavy atom. The van der Waals surface area contributed by atoms with Crippen molar-refractivity contribution in [1.82, 2.24) is 9.88 Å². The van der Waals surface area contributed by atoms with Crippen molar-refractivity contribution in [2.24, 2.45) is 5.92 Å². The molecule has 126 valence electrons. The van der Waals surface area contributed by atoms with Crippen LogP contribution in [-0.4, -0.2) is 55.1 Å². The molecule has 1 N–H and O–H groups in total. The molecule has 2 rings (SSSR count). The number of ether oxygens (including phenoxy) is 2. The number of piperidine rings is 1. The fourth-order valence-electron chi connectivity index (χ4n) is 2.55. The maximum absolute atomic E-state index is 12.1. The van der Waals surface area contributed by atoms with E-state index in [1.807, 2.05) is 4.90 Å². The fraction of sp³-hybridized carbons (Fsp3) is 0.562. The van der Waals surface area contributed by atoms with Crippen LogP contribution < -0.4 is 10.1 Å². The molecule has 2 heterocycles. The van der Waals surface area contributed by atoms with Crippen molar-refractivity contribution in [1.29, 1.82) is 0 Å². The van der Waals surface area contributed by atoms with E-state index in [1.54, 1.807) is 19.2 Å². The lowest BCUT2D eigenvalue weighted by Crippen LogP contribution is -2.41. The Labute approximate surface area is 136 Å². The molecule has 7 heteroatoms. The molecule has 7 nitrogen and oxygen atoms in total. The first-order chi connectivity index (χ1) is 11.1. The van der Waals surface area contributed by atoms with Crippen LogP contribution in [0.15, 0.2) is 18.3 Å². The molecule has 1 aromatic rings. The van der Waals surface area contributed by atoms with Gasteiger partial charge in [-0.3, -0.25) is 9.59 Å². The second-order valence-corrected chi connectivity index (χ2v) is 5.63. The van der Waals surface area contributed by atoms with Crippen molar-refractivity contribution >= 4 is 17.5 Å². The van der Waals surface area contributed by atoms with E-state index in [1.165, 1.54) is 13.1 Å². The predicted octanol–water partition coefficient (Wildman–Crippen LogP) is 1.30. The van der Waals surface area contributed by atoms with Gasteiger partial charge in [-0.25, -0.2) is 4.98 Å². The third kappa shape index (κ3) is 5.52. The number of hydrogen-bond acceptors (Lipinski definition) is 5. The molecule has 1 aliphatic heterocycles. The molecule has 2 amide bonds. The number of aromatic nitrogens is 1. The number of methoxy groups -OCH3 is 1. The summed E-state index contributed by atoms with van der Waals surface area (Å²) < 4.78 is 10.6. The summed E-state index contributed by atoms with van der Waals surface area (Å²) in [5.74, 6) is 0.704. The quantitative estimate of drug-likeness (QED) is 0.854. The molecule has 0 saturated carbocycles. The Morgan fingerprint density at radius 3 is 2.65 bits per heavy atom. The number of carbonyl (C=O) groups excluding carboxylic acids is 2. The van der Waals surface area contributed by atoms with Gasteiger partial charge in [-0.1, -0.05) is 0 Å². The zero-order valence-corrected chi connectivity index (χ0v) is 13.6. The summed E-state index contributed by atoms with van der Waals surface area (Å²) in [4.78, 5) is 28.9. The maximum Gasteiger partial charge on any atom is 0.260 e. The Morgan fingerprint density at radius 1 is 1.35 bits per heavy atom. The zero-order valence-electron chi connectivity index (χ0n) is 13.6. The van der Waals surface area contributed by atoms with Crippen molar-refractivity contribution in [3.05, 3.63) is 18.3 Å². The second kappa shape index (κ2) is 8.47. The highest BCUT2D eigenvalue weighted by Crippen LogP contribution is 2.18. The summed E-state index contributed by atoms with van der Waals surface area (Å²) in [6.45, 7) is 3.64. The highest BCUT2D eigenvalue weighted by Gasteiger charge is 2.22. The first-order valence-electron chi connectivity index (χ1n) is 7.71. The molecule has 0 unspecified atom stereocenters. The average molecular weight is 321 g/mol. The van der Waals surface area contributed by atoms with Crippen LogP contribution in [0.25, 0.3) is 0 Å². The molecule has 0 spiro atoms. The van der Waals surface area contributed by atoms with E-state index >= 15 is 0 Å². The van der Waals surface area contributed by atoms with Crippen LogP contribution in [0.4, 0.5) is 5.69 Å². The summed E-state index contributed by atoms with van der Waals surface area (Å²) in [5, 5.41) is 2.62. The van der Waals surface area contributed by atoms with E-state index < -0.39 is 0 Å². The van der Waals surface area contributed by atoms with E-state index in [9.17, 15) is 9.59 Å². The molecule has 1 saturated heterocycles. The van der Waals surface area contributed by atoms with Crippen molar-refractivity contribution < 1.29 is 19.1 Å². The number of nitrogens with zero attached hydrogens (tertiary/aromatic N) is 2.